The number of carboxylic acid groups (broad SMARTS) is 1. The molecule has 1 rings (SSSR count). The predicted molar refractivity (Wildman–Crippen MR) is 102 cm³/mol. The number of hydrogen-bond donors (Lipinski definition) is 2. The van der Waals surface area contributed by atoms with Gasteiger partial charge in [0, 0.05) is 12.3 Å². The van der Waals surface area contributed by atoms with Gasteiger partial charge in [-0.3, -0.25) is 14.9 Å². The number of carbonyl (C=O) groups is 3. The lowest BCUT2D eigenvalue weighted by molar-refractivity contribution is -0.150. The zero-order chi connectivity index (χ0) is 19.5. The van der Waals surface area contributed by atoms with Crippen molar-refractivity contribution in [3.8, 4) is 0 Å². The van der Waals surface area contributed by atoms with E-state index in [1.54, 1.807) is 25.6 Å². The van der Waals surface area contributed by atoms with Gasteiger partial charge in [0.05, 0.1) is 12.6 Å². The quantitative estimate of drug-likeness (QED) is 0.389. The minimum Gasteiger partial charge on any atom is -0.480 e. The summed E-state index contributed by atoms with van der Waals surface area (Å²) in [5.41, 5.74) is 0. The van der Waals surface area contributed by atoms with E-state index in [9.17, 15) is 19.5 Å². The monoisotopic (exact) mass is 388 g/mol. The maximum absolute atomic E-state index is 12.6. The molecular formula is C18H32N2O5S. The molecule has 1 heterocycles. The van der Waals surface area contributed by atoms with Crippen LogP contribution in [0.5, 0.6) is 0 Å². The standard InChI is InChI=1S/C18H32N2O5S/c1-4-6-7-11-26-12-14(18(24)25-5-2)19-13(3)16(21)20-10-8-9-15(20)17(22)23/h13-15,19H,4-12H2,1-3H3,(H,22,23)/t13-,14?,15+/m1/s1. The van der Waals surface area contributed by atoms with Gasteiger partial charge in [0.25, 0.3) is 0 Å². The highest BCUT2D eigenvalue weighted by Crippen LogP contribution is 2.19. The highest BCUT2D eigenvalue weighted by molar-refractivity contribution is 7.99. The average molecular weight is 389 g/mol. The Morgan fingerprint density at radius 2 is 2.04 bits per heavy atom. The van der Waals surface area contributed by atoms with Crippen LogP contribution in [0.4, 0.5) is 0 Å². The second-order valence-corrected chi connectivity index (χ2v) is 7.65. The van der Waals surface area contributed by atoms with Crippen molar-refractivity contribution < 1.29 is 24.2 Å². The molecule has 0 bridgehead atoms. The number of amides is 1. The predicted octanol–water partition coefficient (Wildman–Crippen LogP) is 1.90. The number of nitrogens with zero attached hydrogens (tertiary/aromatic N) is 1. The van der Waals surface area contributed by atoms with E-state index < -0.39 is 24.1 Å². The molecule has 0 aliphatic carbocycles. The highest BCUT2D eigenvalue weighted by Gasteiger charge is 2.36. The van der Waals surface area contributed by atoms with Crippen LogP contribution in [-0.4, -0.2) is 70.6 Å². The van der Waals surface area contributed by atoms with Gasteiger partial charge in [-0.2, -0.15) is 11.8 Å². The Kier molecular flexibility index (Phi) is 10.7. The molecule has 0 radical (unpaired) electrons. The number of nitrogens with one attached hydrogen (secondary N) is 1. The second kappa shape index (κ2) is 12.2. The number of esters is 1. The molecule has 7 nitrogen and oxygen atoms in total. The van der Waals surface area contributed by atoms with Crippen LogP contribution in [0.25, 0.3) is 0 Å². The van der Waals surface area contributed by atoms with Crippen molar-refractivity contribution in [3.05, 3.63) is 0 Å². The topological polar surface area (TPSA) is 95.9 Å². The number of hydrogen-bond acceptors (Lipinski definition) is 6. The maximum atomic E-state index is 12.6. The van der Waals surface area contributed by atoms with Crippen molar-refractivity contribution in [2.75, 3.05) is 24.7 Å². The Hall–Kier alpha value is -1.28. The Morgan fingerprint density at radius 1 is 1.31 bits per heavy atom. The Labute approximate surface area is 160 Å². The van der Waals surface area contributed by atoms with E-state index in [0.717, 1.165) is 25.0 Å². The zero-order valence-electron chi connectivity index (χ0n) is 16.0. The summed E-state index contributed by atoms with van der Waals surface area (Å²) in [5, 5.41) is 12.3. The van der Waals surface area contributed by atoms with Crippen molar-refractivity contribution in [2.24, 2.45) is 0 Å². The first-order chi connectivity index (χ1) is 12.4. The number of aliphatic carboxylic acids is 1. The van der Waals surface area contributed by atoms with Crippen LogP contribution < -0.4 is 5.32 Å². The molecule has 0 spiro atoms. The third kappa shape index (κ3) is 7.15. The lowest BCUT2D eigenvalue weighted by Gasteiger charge is -2.27. The van der Waals surface area contributed by atoms with E-state index >= 15 is 0 Å². The van der Waals surface area contributed by atoms with Gasteiger partial charge in [0.15, 0.2) is 0 Å². The van der Waals surface area contributed by atoms with Crippen LogP contribution in [0.3, 0.4) is 0 Å². The van der Waals surface area contributed by atoms with Crippen LogP contribution in [-0.2, 0) is 19.1 Å². The third-order valence-corrected chi connectivity index (χ3v) is 5.54. The number of ether oxygens (including phenoxy) is 1. The molecule has 1 fully saturated rings. The molecule has 0 saturated carbocycles. The van der Waals surface area contributed by atoms with E-state index in [4.69, 9.17) is 4.74 Å². The van der Waals surface area contributed by atoms with Crippen molar-refractivity contribution in [1.29, 1.82) is 0 Å². The lowest BCUT2D eigenvalue weighted by Crippen LogP contribution is -2.54. The lowest BCUT2D eigenvalue weighted by atomic mass is 10.2. The Bertz CT molecular complexity index is 474. The Morgan fingerprint density at radius 3 is 2.65 bits per heavy atom. The molecule has 26 heavy (non-hydrogen) atoms. The second-order valence-electron chi connectivity index (χ2n) is 6.50. The minimum absolute atomic E-state index is 0.278. The van der Waals surface area contributed by atoms with Gasteiger partial charge in [0.1, 0.15) is 12.1 Å². The van der Waals surface area contributed by atoms with E-state index in [0.29, 0.717) is 25.1 Å². The number of carbonyl (C=O) groups excluding carboxylic acids is 2. The van der Waals surface area contributed by atoms with Gasteiger partial charge in [-0.05, 0) is 38.9 Å². The largest absolute Gasteiger partial charge is 0.480 e. The van der Waals surface area contributed by atoms with Crippen LogP contribution in [0.15, 0.2) is 0 Å². The van der Waals surface area contributed by atoms with E-state index in [1.165, 1.54) is 4.90 Å². The van der Waals surface area contributed by atoms with Crippen molar-refractivity contribution in [3.63, 3.8) is 0 Å². The zero-order valence-corrected chi connectivity index (χ0v) is 16.8. The summed E-state index contributed by atoms with van der Waals surface area (Å²) in [7, 11) is 0. The van der Waals surface area contributed by atoms with E-state index in [-0.39, 0.29) is 18.5 Å². The first kappa shape index (κ1) is 22.8. The van der Waals surface area contributed by atoms with Gasteiger partial charge in [-0.25, -0.2) is 4.79 Å². The molecule has 3 atom stereocenters. The molecule has 1 unspecified atom stereocenters. The number of carboxylic acids is 1. The molecule has 150 valence electrons. The molecule has 1 aliphatic heterocycles. The summed E-state index contributed by atoms with van der Waals surface area (Å²) in [6.45, 7) is 6.29. The van der Waals surface area contributed by atoms with Gasteiger partial charge >= 0.3 is 11.9 Å². The number of likely N-dealkylation sites (tertiary alicyclic amines) is 1. The normalized spacial score (nSPS) is 19.2. The van der Waals surface area contributed by atoms with Crippen LogP contribution in [0.2, 0.25) is 0 Å². The van der Waals surface area contributed by atoms with E-state index in [2.05, 4.69) is 12.2 Å². The molecular weight excluding hydrogens is 356 g/mol. The van der Waals surface area contributed by atoms with Crippen molar-refractivity contribution in [2.45, 2.75) is 71.0 Å². The minimum atomic E-state index is -0.975. The van der Waals surface area contributed by atoms with E-state index in [1.807, 2.05) is 0 Å². The fraction of sp³-hybridized carbons (Fsp3) is 0.833. The van der Waals surface area contributed by atoms with Gasteiger partial charge < -0.3 is 14.7 Å². The first-order valence-corrected chi connectivity index (χ1v) is 10.6. The van der Waals surface area contributed by atoms with Gasteiger partial charge in [0.2, 0.25) is 5.91 Å². The van der Waals surface area contributed by atoms with Crippen LogP contribution in [0, 0.1) is 0 Å². The Balaban J connectivity index is 2.62. The smallest absolute Gasteiger partial charge is 0.326 e. The highest BCUT2D eigenvalue weighted by atomic mass is 32.2. The molecule has 0 aromatic carbocycles. The fourth-order valence-corrected chi connectivity index (χ4v) is 4.03. The van der Waals surface area contributed by atoms with Crippen molar-refractivity contribution in [1.82, 2.24) is 10.2 Å². The van der Waals surface area contributed by atoms with Crippen molar-refractivity contribution >= 4 is 29.6 Å². The fourth-order valence-electron chi connectivity index (χ4n) is 2.99. The third-order valence-electron chi connectivity index (χ3n) is 4.39. The molecule has 1 amide bonds. The molecule has 0 aromatic rings. The molecule has 0 aromatic heterocycles. The number of rotatable bonds is 12. The molecule has 1 saturated heterocycles. The molecule has 8 heteroatoms. The SMILES string of the molecule is CCCCCSCC(N[C@H](C)C(=O)N1CCC[C@H]1C(=O)O)C(=O)OCC. The summed E-state index contributed by atoms with van der Waals surface area (Å²) >= 11 is 1.66. The first-order valence-electron chi connectivity index (χ1n) is 9.46. The molecule has 1 aliphatic rings. The maximum Gasteiger partial charge on any atom is 0.326 e. The van der Waals surface area contributed by atoms with Crippen LogP contribution in [0.1, 0.15) is 52.9 Å². The summed E-state index contributed by atoms with van der Waals surface area (Å²) in [4.78, 5) is 37.5. The number of thioether (sulfide) groups is 1. The molecule has 2 N–H and O–H groups in total. The number of unbranched alkanes of at least 4 members (excludes halogenated alkanes) is 2. The summed E-state index contributed by atoms with van der Waals surface area (Å²) in [6, 6.07) is -1.98. The summed E-state index contributed by atoms with van der Waals surface area (Å²) in [5.74, 6) is -0.133. The van der Waals surface area contributed by atoms with Gasteiger partial charge in [-0.15, -0.1) is 0 Å². The summed E-state index contributed by atoms with van der Waals surface area (Å²) in [6.07, 6.45) is 4.56. The summed E-state index contributed by atoms with van der Waals surface area (Å²) < 4.78 is 5.11. The van der Waals surface area contributed by atoms with Crippen LogP contribution >= 0.6 is 11.8 Å². The van der Waals surface area contributed by atoms with Gasteiger partial charge in [-0.1, -0.05) is 19.8 Å². The average Bonchev–Trinajstić information content (AvgIpc) is 3.09.